The van der Waals surface area contributed by atoms with Gasteiger partial charge in [-0.15, -0.1) is 0 Å². The van der Waals surface area contributed by atoms with Gasteiger partial charge in [-0.05, 0) is 68.0 Å². The topological polar surface area (TPSA) is 66.5 Å². The molecule has 0 bridgehead atoms. The molecule has 0 aliphatic heterocycles. The zero-order valence-corrected chi connectivity index (χ0v) is 17.3. The van der Waals surface area contributed by atoms with Crippen molar-refractivity contribution < 1.29 is 13.2 Å². The number of nitrogens with one attached hydrogen (secondary N) is 1. The predicted octanol–water partition coefficient (Wildman–Crippen LogP) is 4.53. The molecular weight excluding hydrogens is 372 g/mol. The molecule has 6 heteroatoms. The minimum Gasteiger partial charge on any atom is -0.339 e. The third-order valence-corrected chi connectivity index (χ3v) is 7.10. The summed E-state index contributed by atoms with van der Waals surface area (Å²) in [5.74, 6) is 0.772. The zero-order chi connectivity index (χ0) is 20.1. The van der Waals surface area contributed by atoms with Gasteiger partial charge in [0.25, 0.3) is 15.9 Å². The molecule has 0 atom stereocenters. The number of sulfonamides is 1. The number of benzene rings is 2. The first-order chi connectivity index (χ1) is 13.4. The monoisotopic (exact) mass is 400 g/mol. The molecule has 1 aliphatic carbocycles. The van der Waals surface area contributed by atoms with E-state index < -0.39 is 10.0 Å². The molecule has 0 radical (unpaired) electrons. The maximum absolute atomic E-state index is 12.8. The van der Waals surface area contributed by atoms with Crippen LogP contribution in [0.5, 0.6) is 0 Å². The molecule has 0 unspecified atom stereocenters. The van der Waals surface area contributed by atoms with Gasteiger partial charge in [-0.25, -0.2) is 8.42 Å². The molecule has 150 valence electrons. The van der Waals surface area contributed by atoms with Crippen LogP contribution in [-0.4, -0.2) is 32.3 Å². The molecule has 1 fully saturated rings. The first-order valence-corrected chi connectivity index (χ1v) is 11.3. The highest BCUT2D eigenvalue weighted by Crippen LogP contribution is 2.29. The molecule has 0 spiro atoms. The average molecular weight is 401 g/mol. The van der Waals surface area contributed by atoms with E-state index in [1.165, 1.54) is 19.3 Å². The van der Waals surface area contributed by atoms with Gasteiger partial charge in [-0.2, -0.15) is 0 Å². The van der Waals surface area contributed by atoms with Crippen LogP contribution in [0.4, 0.5) is 5.69 Å². The van der Waals surface area contributed by atoms with Crippen molar-refractivity contribution >= 4 is 21.6 Å². The van der Waals surface area contributed by atoms with Gasteiger partial charge < -0.3 is 4.90 Å². The van der Waals surface area contributed by atoms with E-state index in [9.17, 15) is 13.2 Å². The quantitative estimate of drug-likeness (QED) is 0.775. The molecule has 1 aliphatic rings. The van der Waals surface area contributed by atoms with Gasteiger partial charge in [0.15, 0.2) is 0 Å². The number of nitrogens with zero attached hydrogens (tertiary/aromatic N) is 1. The minimum atomic E-state index is -3.63. The lowest BCUT2D eigenvalue weighted by Crippen LogP contribution is -2.39. The summed E-state index contributed by atoms with van der Waals surface area (Å²) in [6.45, 7) is 2.23. The first kappa shape index (κ1) is 20.4. The normalized spacial score (nSPS) is 19.8. The van der Waals surface area contributed by atoms with Crippen molar-refractivity contribution in [2.75, 3.05) is 11.8 Å². The van der Waals surface area contributed by atoms with Crippen molar-refractivity contribution in [3.8, 4) is 0 Å². The van der Waals surface area contributed by atoms with Crippen LogP contribution < -0.4 is 4.72 Å². The Balaban J connectivity index is 1.64. The van der Waals surface area contributed by atoms with Crippen molar-refractivity contribution in [1.29, 1.82) is 0 Å². The van der Waals surface area contributed by atoms with Crippen LogP contribution in [0, 0.1) is 5.92 Å². The Morgan fingerprint density at radius 1 is 1.00 bits per heavy atom. The summed E-state index contributed by atoms with van der Waals surface area (Å²) in [4.78, 5) is 14.8. The van der Waals surface area contributed by atoms with Gasteiger partial charge >= 0.3 is 0 Å². The third kappa shape index (κ3) is 4.73. The highest BCUT2D eigenvalue weighted by molar-refractivity contribution is 7.92. The fourth-order valence-electron chi connectivity index (χ4n) is 3.80. The Kier molecular flexibility index (Phi) is 6.39. The molecule has 1 N–H and O–H groups in total. The fourth-order valence-corrected chi connectivity index (χ4v) is 4.88. The number of hydrogen-bond acceptors (Lipinski definition) is 3. The summed E-state index contributed by atoms with van der Waals surface area (Å²) in [6, 6.07) is 15.1. The summed E-state index contributed by atoms with van der Waals surface area (Å²) in [6.07, 6.45) is 5.67. The second-order valence-electron chi connectivity index (χ2n) is 7.49. The predicted molar refractivity (Wildman–Crippen MR) is 112 cm³/mol. The van der Waals surface area contributed by atoms with E-state index in [0.717, 1.165) is 18.8 Å². The van der Waals surface area contributed by atoms with E-state index >= 15 is 0 Å². The molecule has 3 rings (SSSR count). The Hall–Kier alpha value is -2.34. The van der Waals surface area contributed by atoms with Crippen molar-refractivity contribution in [3.05, 3.63) is 60.2 Å². The van der Waals surface area contributed by atoms with Crippen molar-refractivity contribution in [3.63, 3.8) is 0 Å². The number of carbonyl (C=O) groups is 1. The molecule has 2 aromatic carbocycles. The highest BCUT2D eigenvalue weighted by atomic mass is 32.2. The van der Waals surface area contributed by atoms with Gasteiger partial charge in [0, 0.05) is 24.3 Å². The Bertz CT molecular complexity index is 887. The largest absolute Gasteiger partial charge is 0.339 e. The maximum Gasteiger partial charge on any atom is 0.261 e. The molecule has 2 aromatic rings. The second-order valence-corrected chi connectivity index (χ2v) is 9.18. The van der Waals surface area contributed by atoms with E-state index in [1.807, 2.05) is 11.9 Å². The molecule has 0 heterocycles. The smallest absolute Gasteiger partial charge is 0.261 e. The molecule has 28 heavy (non-hydrogen) atoms. The van der Waals surface area contributed by atoms with Gasteiger partial charge in [0.1, 0.15) is 0 Å². The van der Waals surface area contributed by atoms with E-state index in [2.05, 4.69) is 11.6 Å². The van der Waals surface area contributed by atoms with E-state index in [1.54, 1.807) is 54.6 Å². The lowest BCUT2D eigenvalue weighted by Gasteiger charge is -2.34. The summed E-state index contributed by atoms with van der Waals surface area (Å²) in [7, 11) is -1.77. The summed E-state index contributed by atoms with van der Waals surface area (Å²) < 4.78 is 27.4. The SMILES string of the molecule is CCC1CCC(N(C)C(=O)c2ccc(NS(=O)(=O)c3ccccc3)cc2)CC1. The van der Waals surface area contributed by atoms with Crippen molar-refractivity contribution in [1.82, 2.24) is 4.90 Å². The van der Waals surface area contributed by atoms with Crippen LogP contribution in [0.15, 0.2) is 59.5 Å². The van der Waals surface area contributed by atoms with Crippen LogP contribution in [0.25, 0.3) is 0 Å². The average Bonchev–Trinajstić information content (AvgIpc) is 2.74. The first-order valence-electron chi connectivity index (χ1n) is 9.86. The summed E-state index contributed by atoms with van der Waals surface area (Å²) >= 11 is 0. The Morgan fingerprint density at radius 2 is 1.61 bits per heavy atom. The fraction of sp³-hybridized carbons (Fsp3) is 0.409. The van der Waals surface area contributed by atoms with Crippen LogP contribution in [0.1, 0.15) is 49.4 Å². The Morgan fingerprint density at radius 3 is 2.18 bits per heavy atom. The van der Waals surface area contributed by atoms with E-state index in [0.29, 0.717) is 11.3 Å². The number of rotatable bonds is 6. The highest BCUT2D eigenvalue weighted by Gasteiger charge is 2.26. The van der Waals surface area contributed by atoms with Gasteiger partial charge in [-0.3, -0.25) is 9.52 Å². The van der Waals surface area contributed by atoms with Gasteiger partial charge in [-0.1, -0.05) is 31.5 Å². The van der Waals surface area contributed by atoms with Crippen LogP contribution in [0.3, 0.4) is 0 Å². The summed E-state index contributed by atoms with van der Waals surface area (Å²) in [5.41, 5.74) is 1.01. The number of carbonyl (C=O) groups excluding carboxylic acids is 1. The number of anilines is 1. The molecule has 0 aromatic heterocycles. The van der Waals surface area contributed by atoms with Crippen molar-refractivity contribution in [2.45, 2.75) is 50.0 Å². The zero-order valence-electron chi connectivity index (χ0n) is 16.5. The van der Waals surface area contributed by atoms with Crippen LogP contribution in [-0.2, 0) is 10.0 Å². The maximum atomic E-state index is 12.8. The lowest BCUT2D eigenvalue weighted by atomic mass is 9.84. The molecule has 1 amide bonds. The molecule has 5 nitrogen and oxygen atoms in total. The second kappa shape index (κ2) is 8.78. The summed E-state index contributed by atoms with van der Waals surface area (Å²) in [5, 5.41) is 0. The Labute approximate surface area is 167 Å². The molecular formula is C22H28N2O3S. The lowest BCUT2D eigenvalue weighted by molar-refractivity contribution is 0.0674. The van der Waals surface area contributed by atoms with Crippen LogP contribution in [0.2, 0.25) is 0 Å². The minimum absolute atomic E-state index is 0.0163. The standard InChI is InChI=1S/C22H28N2O3S/c1-3-17-9-15-20(16-10-17)24(2)22(25)18-11-13-19(14-12-18)23-28(26,27)21-7-5-4-6-8-21/h4-8,11-14,17,20,23H,3,9-10,15-16H2,1-2H3. The van der Waals surface area contributed by atoms with Crippen molar-refractivity contribution in [2.24, 2.45) is 5.92 Å². The van der Waals surface area contributed by atoms with Gasteiger partial charge in [0.2, 0.25) is 0 Å². The van der Waals surface area contributed by atoms with Gasteiger partial charge in [0.05, 0.1) is 4.90 Å². The number of hydrogen-bond donors (Lipinski definition) is 1. The number of amides is 1. The van der Waals surface area contributed by atoms with E-state index in [-0.39, 0.29) is 16.8 Å². The van der Waals surface area contributed by atoms with Crippen LogP contribution >= 0.6 is 0 Å². The molecule has 1 saturated carbocycles. The third-order valence-electron chi connectivity index (χ3n) is 5.70. The van der Waals surface area contributed by atoms with E-state index in [4.69, 9.17) is 0 Å². The molecule has 0 saturated heterocycles.